The highest BCUT2D eigenvalue weighted by Crippen LogP contribution is 2.18. The zero-order chi connectivity index (χ0) is 13.1. The molecule has 0 fully saturated rings. The first kappa shape index (κ1) is 12.9. The maximum atomic E-state index is 13.4. The third-order valence-electron chi connectivity index (χ3n) is 2.29. The summed E-state index contributed by atoms with van der Waals surface area (Å²) >= 11 is 5.71. The molecule has 3 nitrogen and oxygen atoms in total. The molecule has 0 aliphatic carbocycles. The first-order valence-electron chi connectivity index (χ1n) is 5.65. The minimum absolute atomic E-state index is 0.0774. The topological polar surface area (TPSA) is 27.1 Å². The van der Waals surface area contributed by atoms with Gasteiger partial charge < -0.3 is 4.74 Å². The molecule has 18 heavy (non-hydrogen) atoms. The lowest BCUT2D eigenvalue weighted by Gasteiger charge is -2.06. The lowest BCUT2D eigenvalue weighted by molar-refractivity contribution is 0.242. The summed E-state index contributed by atoms with van der Waals surface area (Å²) < 4.78 is 20.5. The number of aromatic nitrogens is 2. The van der Waals surface area contributed by atoms with Crippen molar-refractivity contribution in [1.82, 2.24) is 9.78 Å². The molecule has 96 valence electrons. The Kier molecular flexibility index (Phi) is 3.87. The van der Waals surface area contributed by atoms with Gasteiger partial charge in [0.25, 0.3) is 0 Å². The number of alkyl halides is 1. The van der Waals surface area contributed by atoms with Crippen LogP contribution in [0.25, 0.3) is 5.69 Å². The molecule has 2 rings (SSSR count). The monoisotopic (exact) mass is 268 g/mol. The number of ether oxygens (including phenoxy) is 1. The van der Waals surface area contributed by atoms with Crippen LogP contribution in [0.5, 0.6) is 5.75 Å². The summed E-state index contributed by atoms with van der Waals surface area (Å²) in [6, 6.07) is 4.61. The first-order valence-corrected chi connectivity index (χ1v) is 6.19. The van der Waals surface area contributed by atoms with Crippen molar-refractivity contribution in [1.29, 1.82) is 0 Å². The second-order valence-electron chi connectivity index (χ2n) is 4.24. The molecular weight excluding hydrogens is 255 g/mol. The number of benzene rings is 1. The summed E-state index contributed by atoms with van der Waals surface area (Å²) in [5, 5.41) is 4.14. The van der Waals surface area contributed by atoms with Crippen molar-refractivity contribution in [3.05, 3.63) is 42.0 Å². The molecule has 0 amide bonds. The van der Waals surface area contributed by atoms with E-state index in [1.54, 1.807) is 23.1 Å². The normalized spacial score (nSPS) is 10.9. The molecule has 0 spiro atoms. The molecule has 5 heteroatoms. The predicted octanol–water partition coefficient (Wildman–Crippen LogP) is 3.54. The number of hydrogen-bond donors (Lipinski definition) is 0. The van der Waals surface area contributed by atoms with Gasteiger partial charge in [-0.15, -0.1) is 11.6 Å². The number of hydrogen-bond acceptors (Lipinski definition) is 2. The molecule has 0 aliphatic heterocycles. The third kappa shape index (κ3) is 3.01. The van der Waals surface area contributed by atoms with Crippen molar-refractivity contribution in [2.75, 3.05) is 0 Å². The Labute approximate surface area is 110 Å². The van der Waals surface area contributed by atoms with Gasteiger partial charge in [-0.3, -0.25) is 0 Å². The lowest BCUT2D eigenvalue weighted by Crippen LogP contribution is -2.04. The van der Waals surface area contributed by atoms with Crippen molar-refractivity contribution in [3.63, 3.8) is 0 Å². The van der Waals surface area contributed by atoms with Crippen molar-refractivity contribution < 1.29 is 9.13 Å². The molecule has 0 unspecified atom stereocenters. The van der Waals surface area contributed by atoms with Crippen LogP contribution in [0, 0.1) is 5.82 Å². The van der Waals surface area contributed by atoms with E-state index in [0.717, 1.165) is 0 Å². The molecule has 1 aromatic heterocycles. The molecule has 1 heterocycles. The fourth-order valence-electron chi connectivity index (χ4n) is 1.62. The van der Waals surface area contributed by atoms with E-state index in [-0.39, 0.29) is 17.8 Å². The molecule has 1 aromatic carbocycles. The standard InChI is InChI=1S/C13H14ClFN2O/c1-9(2)18-13-7-16-17(8-13)12-4-10(6-14)3-11(15)5-12/h3-5,7-9H,6H2,1-2H3. The zero-order valence-electron chi connectivity index (χ0n) is 10.2. The van der Waals surface area contributed by atoms with Gasteiger partial charge in [0.05, 0.1) is 24.2 Å². The molecule has 0 radical (unpaired) electrons. The van der Waals surface area contributed by atoms with Crippen LogP contribution in [0.2, 0.25) is 0 Å². The van der Waals surface area contributed by atoms with Crippen molar-refractivity contribution in [2.45, 2.75) is 25.8 Å². The largest absolute Gasteiger partial charge is 0.488 e. The Bertz CT molecular complexity index is 540. The molecule has 0 saturated heterocycles. The van der Waals surface area contributed by atoms with Crippen LogP contribution in [0.3, 0.4) is 0 Å². The van der Waals surface area contributed by atoms with Gasteiger partial charge in [0, 0.05) is 5.88 Å². The smallest absolute Gasteiger partial charge is 0.158 e. The van der Waals surface area contributed by atoms with Crippen molar-refractivity contribution in [2.24, 2.45) is 0 Å². The second kappa shape index (κ2) is 5.40. The average molecular weight is 269 g/mol. The van der Waals surface area contributed by atoms with Gasteiger partial charge in [-0.1, -0.05) is 0 Å². The van der Waals surface area contributed by atoms with E-state index in [0.29, 0.717) is 17.0 Å². The Hall–Kier alpha value is -1.55. The Balaban J connectivity index is 2.30. The molecule has 0 saturated carbocycles. The highest BCUT2D eigenvalue weighted by atomic mass is 35.5. The van der Waals surface area contributed by atoms with Crippen LogP contribution in [-0.2, 0) is 5.88 Å². The fraction of sp³-hybridized carbons (Fsp3) is 0.308. The summed E-state index contributed by atoms with van der Waals surface area (Å²) in [6.07, 6.45) is 3.39. The molecule has 0 N–H and O–H groups in total. The van der Waals surface area contributed by atoms with Crippen LogP contribution >= 0.6 is 11.6 Å². The van der Waals surface area contributed by atoms with Crippen LogP contribution < -0.4 is 4.74 Å². The van der Waals surface area contributed by atoms with Crippen molar-refractivity contribution >= 4 is 11.6 Å². The molecule has 0 bridgehead atoms. The summed E-state index contributed by atoms with van der Waals surface area (Å²) in [5.74, 6) is 0.591. The molecule has 0 atom stereocenters. The molecular formula is C13H14ClFN2O. The number of rotatable bonds is 4. The summed E-state index contributed by atoms with van der Waals surface area (Å²) in [6.45, 7) is 3.87. The lowest BCUT2D eigenvalue weighted by atomic mass is 10.2. The van der Waals surface area contributed by atoms with Gasteiger partial charge in [0.15, 0.2) is 5.75 Å². The van der Waals surface area contributed by atoms with E-state index in [1.807, 2.05) is 13.8 Å². The minimum Gasteiger partial charge on any atom is -0.488 e. The maximum Gasteiger partial charge on any atom is 0.158 e. The summed E-state index contributed by atoms with van der Waals surface area (Å²) in [4.78, 5) is 0. The van der Waals surface area contributed by atoms with Gasteiger partial charge in [0.2, 0.25) is 0 Å². The third-order valence-corrected chi connectivity index (χ3v) is 2.60. The van der Waals surface area contributed by atoms with Crippen LogP contribution in [-0.4, -0.2) is 15.9 Å². The predicted molar refractivity (Wildman–Crippen MR) is 68.8 cm³/mol. The Morgan fingerprint density at radius 1 is 1.39 bits per heavy atom. The van der Waals surface area contributed by atoms with E-state index < -0.39 is 0 Å². The van der Waals surface area contributed by atoms with E-state index in [1.165, 1.54) is 12.1 Å². The van der Waals surface area contributed by atoms with Crippen LogP contribution in [0.15, 0.2) is 30.6 Å². The van der Waals surface area contributed by atoms with E-state index in [2.05, 4.69) is 5.10 Å². The Morgan fingerprint density at radius 2 is 2.17 bits per heavy atom. The number of nitrogens with zero attached hydrogens (tertiary/aromatic N) is 2. The fourth-order valence-corrected chi connectivity index (χ4v) is 1.78. The van der Waals surface area contributed by atoms with Gasteiger partial charge in [-0.2, -0.15) is 5.10 Å². The number of halogens is 2. The van der Waals surface area contributed by atoms with Gasteiger partial charge in [0.1, 0.15) is 5.82 Å². The SMILES string of the molecule is CC(C)Oc1cnn(-c2cc(F)cc(CCl)c2)c1. The Morgan fingerprint density at radius 3 is 2.83 bits per heavy atom. The van der Waals surface area contributed by atoms with E-state index in [9.17, 15) is 4.39 Å². The van der Waals surface area contributed by atoms with Crippen molar-refractivity contribution in [3.8, 4) is 11.4 Å². The van der Waals surface area contributed by atoms with Gasteiger partial charge in [-0.05, 0) is 37.6 Å². The minimum atomic E-state index is -0.329. The highest BCUT2D eigenvalue weighted by Gasteiger charge is 2.06. The van der Waals surface area contributed by atoms with Crippen LogP contribution in [0.4, 0.5) is 4.39 Å². The zero-order valence-corrected chi connectivity index (χ0v) is 11.0. The summed E-state index contributed by atoms with van der Waals surface area (Å²) in [5.41, 5.74) is 1.35. The average Bonchev–Trinajstić information content (AvgIpc) is 2.75. The van der Waals surface area contributed by atoms with E-state index >= 15 is 0 Å². The molecule has 0 aliphatic rings. The second-order valence-corrected chi connectivity index (χ2v) is 4.51. The van der Waals surface area contributed by atoms with Crippen LogP contribution in [0.1, 0.15) is 19.4 Å². The van der Waals surface area contributed by atoms with Gasteiger partial charge in [-0.25, -0.2) is 9.07 Å². The quantitative estimate of drug-likeness (QED) is 0.793. The molecule has 2 aromatic rings. The highest BCUT2D eigenvalue weighted by molar-refractivity contribution is 6.17. The summed E-state index contributed by atoms with van der Waals surface area (Å²) in [7, 11) is 0. The van der Waals surface area contributed by atoms with Gasteiger partial charge >= 0.3 is 0 Å². The first-order chi connectivity index (χ1) is 8.58. The maximum absolute atomic E-state index is 13.4. The van der Waals surface area contributed by atoms with E-state index in [4.69, 9.17) is 16.3 Å².